The third kappa shape index (κ3) is 4.11. The van der Waals surface area contributed by atoms with E-state index >= 15 is 0 Å². The van der Waals surface area contributed by atoms with E-state index in [0.29, 0.717) is 22.7 Å². The molecule has 1 rings (SSSR count). The summed E-state index contributed by atoms with van der Waals surface area (Å²) in [6.45, 7) is 2.95. The number of nitrogens with two attached hydrogens (primary N) is 1. The van der Waals surface area contributed by atoms with Gasteiger partial charge in [0.1, 0.15) is 11.6 Å². The van der Waals surface area contributed by atoms with E-state index in [-0.39, 0.29) is 23.9 Å². The predicted octanol–water partition coefficient (Wildman–Crippen LogP) is 2.63. The number of rotatable bonds is 5. The van der Waals surface area contributed by atoms with Crippen molar-refractivity contribution in [3.8, 4) is 12.3 Å². The molecule has 1 aromatic carbocycles. The highest BCUT2D eigenvalue weighted by molar-refractivity contribution is 6.33. The number of hydrogen-bond acceptors (Lipinski definition) is 3. The molecule has 0 radical (unpaired) electrons. The van der Waals surface area contributed by atoms with E-state index in [1.807, 2.05) is 0 Å². The maximum absolute atomic E-state index is 11.5. The summed E-state index contributed by atoms with van der Waals surface area (Å²) in [5.74, 6) is 2.08. The van der Waals surface area contributed by atoms with Gasteiger partial charge in [-0.05, 0) is 38.0 Å². The summed E-state index contributed by atoms with van der Waals surface area (Å²) in [4.78, 5) is 22.7. The molecule has 0 aromatic heterocycles. The molecule has 2 N–H and O–H groups in total. The van der Waals surface area contributed by atoms with Crippen LogP contribution in [0.3, 0.4) is 0 Å². The zero-order valence-electron chi connectivity index (χ0n) is 11.0. The molecule has 0 aliphatic heterocycles. The predicted molar refractivity (Wildman–Crippen MR) is 77.0 cm³/mol. The first-order chi connectivity index (χ1) is 8.85. The van der Waals surface area contributed by atoms with Crippen molar-refractivity contribution in [2.75, 3.05) is 5.73 Å². The number of hydrogen-bond donors (Lipinski definition) is 1. The van der Waals surface area contributed by atoms with Crippen LogP contribution in [0.4, 0.5) is 5.69 Å². The molecular formula is C15H16ClNO2. The van der Waals surface area contributed by atoms with E-state index in [2.05, 4.69) is 5.92 Å². The fraction of sp³-hybridized carbons (Fsp3) is 0.333. The van der Waals surface area contributed by atoms with Crippen LogP contribution in [-0.4, -0.2) is 11.6 Å². The van der Waals surface area contributed by atoms with E-state index in [1.165, 1.54) is 13.8 Å². The lowest BCUT2D eigenvalue weighted by atomic mass is 9.90. The van der Waals surface area contributed by atoms with Gasteiger partial charge >= 0.3 is 0 Å². The molecule has 0 aliphatic rings. The molecule has 19 heavy (non-hydrogen) atoms. The first-order valence-electron chi connectivity index (χ1n) is 5.89. The van der Waals surface area contributed by atoms with Crippen LogP contribution in [0.1, 0.15) is 31.4 Å². The summed E-state index contributed by atoms with van der Waals surface area (Å²) in [6.07, 6.45) is 6.01. The van der Waals surface area contributed by atoms with Crippen molar-refractivity contribution in [2.45, 2.75) is 26.7 Å². The molecule has 0 heterocycles. The molecule has 0 fully saturated rings. The standard InChI is InChI=1S/C15H16ClNO2/c1-4-12-6-11(8-14(16)15(12)17)7-13(10(3)19)5-9(2)18/h1,6,8,13H,5,7,17H2,2-3H3/t13-/m1/s1. The van der Waals surface area contributed by atoms with Crippen LogP contribution < -0.4 is 5.73 Å². The number of anilines is 1. The molecule has 0 spiro atoms. The van der Waals surface area contributed by atoms with Gasteiger partial charge in [0, 0.05) is 17.9 Å². The summed E-state index contributed by atoms with van der Waals surface area (Å²) in [5.41, 5.74) is 7.42. The van der Waals surface area contributed by atoms with E-state index in [9.17, 15) is 9.59 Å². The second-order valence-electron chi connectivity index (χ2n) is 4.60. The molecular weight excluding hydrogens is 262 g/mol. The molecule has 0 aliphatic carbocycles. The zero-order chi connectivity index (χ0) is 14.6. The van der Waals surface area contributed by atoms with Crippen molar-refractivity contribution >= 4 is 28.9 Å². The van der Waals surface area contributed by atoms with Crippen LogP contribution in [0.15, 0.2) is 12.1 Å². The molecule has 0 amide bonds. The number of carbonyl (C=O) groups excluding carboxylic acids is 2. The Morgan fingerprint density at radius 2 is 2.05 bits per heavy atom. The van der Waals surface area contributed by atoms with Gasteiger partial charge in [0.25, 0.3) is 0 Å². The van der Waals surface area contributed by atoms with Gasteiger partial charge in [-0.1, -0.05) is 17.5 Å². The monoisotopic (exact) mass is 277 g/mol. The molecule has 3 nitrogen and oxygen atoms in total. The summed E-state index contributed by atoms with van der Waals surface area (Å²) in [5, 5.41) is 0.371. The minimum absolute atomic E-state index is 0.0149. The summed E-state index contributed by atoms with van der Waals surface area (Å²) in [6, 6.07) is 3.42. The second-order valence-corrected chi connectivity index (χ2v) is 5.01. The van der Waals surface area contributed by atoms with E-state index in [4.69, 9.17) is 23.8 Å². The summed E-state index contributed by atoms with van der Waals surface area (Å²) in [7, 11) is 0. The third-order valence-electron chi connectivity index (χ3n) is 2.94. The molecule has 1 atom stereocenters. The lowest BCUT2D eigenvalue weighted by Gasteiger charge is -2.13. The van der Waals surface area contributed by atoms with E-state index in [1.54, 1.807) is 12.1 Å². The average molecular weight is 278 g/mol. The highest BCUT2D eigenvalue weighted by atomic mass is 35.5. The van der Waals surface area contributed by atoms with Gasteiger partial charge in [-0.25, -0.2) is 0 Å². The Morgan fingerprint density at radius 1 is 1.42 bits per heavy atom. The highest BCUT2D eigenvalue weighted by Gasteiger charge is 2.18. The number of halogens is 1. The van der Waals surface area contributed by atoms with Crippen molar-refractivity contribution in [1.82, 2.24) is 0 Å². The van der Waals surface area contributed by atoms with Crippen LogP contribution >= 0.6 is 11.6 Å². The lowest BCUT2D eigenvalue weighted by molar-refractivity contribution is -0.125. The van der Waals surface area contributed by atoms with Crippen LogP contribution in [0.5, 0.6) is 0 Å². The highest BCUT2D eigenvalue weighted by Crippen LogP contribution is 2.26. The first-order valence-corrected chi connectivity index (χ1v) is 6.27. The maximum atomic E-state index is 11.5. The van der Waals surface area contributed by atoms with Crippen molar-refractivity contribution in [2.24, 2.45) is 5.92 Å². The molecule has 1 aromatic rings. The molecule has 0 unspecified atom stereocenters. The average Bonchev–Trinajstić information content (AvgIpc) is 2.31. The molecule has 0 bridgehead atoms. The topological polar surface area (TPSA) is 60.2 Å². The normalized spacial score (nSPS) is 11.7. The van der Waals surface area contributed by atoms with Gasteiger partial charge in [0.15, 0.2) is 0 Å². The number of carbonyl (C=O) groups is 2. The van der Waals surface area contributed by atoms with Crippen molar-refractivity contribution in [1.29, 1.82) is 0 Å². The van der Waals surface area contributed by atoms with Crippen LogP contribution in [0.25, 0.3) is 0 Å². The number of benzene rings is 1. The van der Waals surface area contributed by atoms with Gasteiger partial charge < -0.3 is 10.5 Å². The van der Waals surface area contributed by atoms with Crippen molar-refractivity contribution < 1.29 is 9.59 Å². The molecule has 100 valence electrons. The summed E-state index contributed by atoms with van der Waals surface area (Å²) >= 11 is 5.99. The van der Waals surface area contributed by atoms with Crippen molar-refractivity contribution in [3.05, 3.63) is 28.3 Å². The minimum Gasteiger partial charge on any atom is -0.397 e. The Hall–Kier alpha value is -1.79. The Balaban J connectivity index is 3.04. The quantitative estimate of drug-likeness (QED) is 0.665. The Morgan fingerprint density at radius 3 is 2.53 bits per heavy atom. The van der Waals surface area contributed by atoms with Gasteiger partial charge in [-0.3, -0.25) is 4.79 Å². The fourth-order valence-corrected chi connectivity index (χ4v) is 2.14. The van der Waals surface area contributed by atoms with Gasteiger partial charge in [0.2, 0.25) is 0 Å². The molecule has 4 heteroatoms. The van der Waals surface area contributed by atoms with Crippen LogP contribution in [0, 0.1) is 18.3 Å². The Labute approximate surface area is 118 Å². The number of ketones is 2. The number of terminal acetylenes is 1. The van der Waals surface area contributed by atoms with Gasteiger partial charge in [-0.15, -0.1) is 6.42 Å². The third-order valence-corrected chi connectivity index (χ3v) is 3.25. The minimum atomic E-state index is -0.345. The fourth-order valence-electron chi connectivity index (χ4n) is 1.90. The number of Topliss-reactive ketones (excluding diaryl/α,β-unsaturated/α-hetero) is 2. The van der Waals surface area contributed by atoms with E-state index in [0.717, 1.165) is 5.56 Å². The van der Waals surface area contributed by atoms with Gasteiger partial charge in [-0.2, -0.15) is 0 Å². The zero-order valence-corrected chi connectivity index (χ0v) is 11.8. The van der Waals surface area contributed by atoms with Crippen LogP contribution in [-0.2, 0) is 16.0 Å². The second kappa shape index (κ2) is 6.40. The lowest BCUT2D eigenvalue weighted by Crippen LogP contribution is -2.17. The Kier molecular flexibility index (Phi) is 5.14. The molecule has 0 saturated heterocycles. The van der Waals surface area contributed by atoms with E-state index < -0.39 is 0 Å². The number of nitrogen functional groups attached to an aromatic ring is 1. The largest absolute Gasteiger partial charge is 0.397 e. The molecule has 0 saturated carbocycles. The maximum Gasteiger partial charge on any atom is 0.133 e. The Bertz CT molecular complexity index is 558. The smallest absolute Gasteiger partial charge is 0.133 e. The first kappa shape index (κ1) is 15.3. The SMILES string of the molecule is C#Cc1cc(C[C@@H](CC(C)=O)C(C)=O)cc(Cl)c1N. The summed E-state index contributed by atoms with van der Waals surface area (Å²) < 4.78 is 0. The van der Waals surface area contributed by atoms with Crippen LogP contribution in [0.2, 0.25) is 5.02 Å². The van der Waals surface area contributed by atoms with Gasteiger partial charge in [0.05, 0.1) is 10.7 Å². The van der Waals surface area contributed by atoms with Crippen molar-refractivity contribution in [3.63, 3.8) is 0 Å².